The largest absolute Gasteiger partial charge is 0.484 e. The Kier molecular flexibility index (Phi) is 4.86. The molecule has 4 heteroatoms. The highest BCUT2D eigenvalue weighted by molar-refractivity contribution is 6.31. The minimum atomic E-state index is -0.214. The number of carbonyl (C=O) groups is 1. The molecule has 0 spiro atoms. The highest BCUT2D eigenvalue weighted by atomic mass is 35.5. The number of halogens is 1. The third-order valence-electron chi connectivity index (χ3n) is 3.02. The number of hydrogen-bond donors (Lipinski definition) is 1. The van der Waals surface area contributed by atoms with Gasteiger partial charge in [-0.15, -0.1) is 0 Å². The zero-order chi connectivity index (χ0) is 15.4. The molecule has 0 aromatic heterocycles. The first-order valence-electron chi connectivity index (χ1n) is 6.71. The van der Waals surface area contributed by atoms with Gasteiger partial charge in [0.15, 0.2) is 6.61 Å². The summed E-state index contributed by atoms with van der Waals surface area (Å²) in [6, 6.07) is 11.3. The summed E-state index contributed by atoms with van der Waals surface area (Å²) in [5.41, 5.74) is 3.85. The van der Waals surface area contributed by atoms with Crippen LogP contribution in [0, 0.1) is 20.8 Å². The Balaban J connectivity index is 1.94. The van der Waals surface area contributed by atoms with Crippen molar-refractivity contribution in [3.63, 3.8) is 0 Å². The summed E-state index contributed by atoms with van der Waals surface area (Å²) < 4.78 is 5.51. The van der Waals surface area contributed by atoms with Gasteiger partial charge in [-0.2, -0.15) is 0 Å². The van der Waals surface area contributed by atoms with E-state index in [0.717, 1.165) is 16.7 Å². The van der Waals surface area contributed by atoms with E-state index >= 15 is 0 Å². The first kappa shape index (κ1) is 15.4. The summed E-state index contributed by atoms with van der Waals surface area (Å²) in [7, 11) is 0. The predicted molar refractivity (Wildman–Crippen MR) is 86.2 cm³/mol. The standard InChI is InChI=1S/C17H18ClNO2/c1-11-6-12(2)8-15(7-11)21-10-17(20)19-14-5-4-13(3)16(18)9-14/h4-9H,10H2,1-3H3,(H,19,20). The lowest BCUT2D eigenvalue weighted by molar-refractivity contribution is -0.118. The Morgan fingerprint density at radius 2 is 1.76 bits per heavy atom. The van der Waals surface area contributed by atoms with Crippen LogP contribution in [0.2, 0.25) is 5.02 Å². The lowest BCUT2D eigenvalue weighted by Gasteiger charge is -2.09. The highest BCUT2D eigenvalue weighted by Crippen LogP contribution is 2.20. The Morgan fingerprint density at radius 1 is 1.10 bits per heavy atom. The summed E-state index contributed by atoms with van der Waals surface area (Å²) in [4.78, 5) is 11.9. The van der Waals surface area contributed by atoms with E-state index in [-0.39, 0.29) is 12.5 Å². The molecule has 0 aliphatic rings. The van der Waals surface area contributed by atoms with Crippen LogP contribution in [0.3, 0.4) is 0 Å². The highest BCUT2D eigenvalue weighted by Gasteiger charge is 2.06. The first-order chi connectivity index (χ1) is 9.94. The topological polar surface area (TPSA) is 38.3 Å². The second-order valence-electron chi connectivity index (χ2n) is 5.12. The van der Waals surface area contributed by atoms with Gasteiger partial charge in [-0.25, -0.2) is 0 Å². The fourth-order valence-electron chi connectivity index (χ4n) is 2.03. The van der Waals surface area contributed by atoms with Gasteiger partial charge in [-0.1, -0.05) is 23.7 Å². The van der Waals surface area contributed by atoms with E-state index in [2.05, 4.69) is 11.4 Å². The van der Waals surface area contributed by atoms with Crippen LogP contribution in [0.4, 0.5) is 5.69 Å². The van der Waals surface area contributed by atoms with Gasteiger partial charge in [0, 0.05) is 10.7 Å². The predicted octanol–water partition coefficient (Wildman–Crippen LogP) is 4.28. The Hall–Kier alpha value is -2.00. The number of carbonyl (C=O) groups excluding carboxylic acids is 1. The minimum Gasteiger partial charge on any atom is -0.484 e. The van der Waals surface area contributed by atoms with Gasteiger partial charge in [0.25, 0.3) is 5.91 Å². The summed E-state index contributed by atoms with van der Waals surface area (Å²) in [5.74, 6) is 0.485. The molecule has 0 atom stereocenters. The molecule has 1 N–H and O–H groups in total. The molecule has 0 saturated carbocycles. The van der Waals surface area contributed by atoms with Crippen molar-refractivity contribution in [3.05, 3.63) is 58.1 Å². The molecule has 0 saturated heterocycles. The fourth-order valence-corrected chi connectivity index (χ4v) is 2.21. The van der Waals surface area contributed by atoms with Crippen LogP contribution in [0.5, 0.6) is 5.75 Å². The lowest BCUT2D eigenvalue weighted by Crippen LogP contribution is -2.20. The number of benzene rings is 2. The Labute approximate surface area is 129 Å². The molecule has 21 heavy (non-hydrogen) atoms. The second-order valence-corrected chi connectivity index (χ2v) is 5.53. The molecule has 1 amide bonds. The summed E-state index contributed by atoms with van der Waals surface area (Å²) in [6.07, 6.45) is 0. The van der Waals surface area contributed by atoms with E-state index in [9.17, 15) is 4.79 Å². The van der Waals surface area contributed by atoms with Crippen molar-refractivity contribution >= 4 is 23.2 Å². The monoisotopic (exact) mass is 303 g/mol. The molecule has 3 nitrogen and oxygen atoms in total. The van der Waals surface area contributed by atoms with Crippen LogP contribution in [-0.4, -0.2) is 12.5 Å². The van der Waals surface area contributed by atoms with E-state index in [0.29, 0.717) is 16.5 Å². The smallest absolute Gasteiger partial charge is 0.262 e. The maximum absolute atomic E-state index is 11.9. The Morgan fingerprint density at radius 3 is 2.38 bits per heavy atom. The van der Waals surface area contributed by atoms with Crippen LogP contribution in [-0.2, 0) is 4.79 Å². The van der Waals surface area contributed by atoms with Gasteiger partial charge in [0.1, 0.15) is 5.75 Å². The molecule has 0 unspecified atom stereocenters. The van der Waals surface area contributed by atoms with E-state index in [4.69, 9.17) is 16.3 Å². The number of aryl methyl sites for hydroxylation is 3. The molecule has 0 fully saturated rings. The van der Waals surface area contributed by atoms with Crippen molar-refractivity contribution in [2.24, 2.45) is 0 Å². The van der Waals surface area contributed by atoms with Crippen LogP contribution < -0.4 is 10.1 Å². The lowest BCUT2D eigenvalue weighted by atomic mass is 10.1. The maximum Gasteiger partial charge on any atom is 0.262 e. The van der Waals surface area contributed by atoms with Gasteiger partial charge in [-0.3, -0.25) is 4.79 Å². The van der Waals surface area contributed by atoms with Gasteiger partial charge in [0.05, 0.1) is 0 Å². The summed E-state index contributed by atoms with van der Waals surface area (Å²) in [6.45, 7) is 5.87. The molecular formula is C17H18ClNO2. The quantitative estimate of drug-likeness (QED) is 0.915. The number of rotatable bonds is 4. The third kappa shape index (κ3) is 4.50. The first-order valence-corrected chi connectivity index (χ1v) is 7.09. The van der Waals surface area contributed by atoms with Crippen LogP contribution in [0.25, 0.3) is 0 Å². The van der Waals surface area contributed by atoms with Crippen molar-refractivity contribution in [2.75, 3.05) is 11.9 Å². The molecular weight excluding hydrogens is 286 g/mol. The average molecular weight is 304 g/mol. The van der Waals surface area contributed by atoms with E-state index < -0.39 is 0 Å². The number of ether oxygens (including phenoxy) is 1. The average Bonchev–Trinajstić information content (AvgIpc) is 2.40. The number of anilines is 1. The number of hydrogen-bond acceptors (Lipinski definition) is 2. The molecule has 0 aliphatic carbocycles. The molecule has 0 radical (unpaired) electrons. The molecule has 2 aromatic rings. The molecule has 0 aliphatic heterocycles. The minimum absolute atomic E-state index is 0.0333. The van der Waals surface area contributed by atoms with Crippen LogP contribution in [0.1, 0.15) is 16.7 Å². The fraction of sp³-hybridized carbons (Fsp3) is 0.235. The van der Waals surface area contributed by atoms with Crippen molar-refractivity contribution in [3.8, 4) is 5.75 Å². The second kappa shape index (κ2) is 6.64. The van der Waals surface area contributed by atoms with E-state index in [1.165, 1.54) is 0 Å². The maximum atomic E-state index is 11.9. The molecule has 0 heterocycles. The van der Waals surface area contributed by atoms with Gasteiger partial charge in [-0.05, 0) is 61.7 Å². The molecule has 2 aromatic carbocycles. The number of nitrogens with one attached hydrogen (secondary N) is 1. The van der Waals surface area contributed by atoms with Crippen molar-refractivity contribution in [1.29, 1.82) is 0 Å². The SMILES string of the molecule is Cc1cc(C)cc(OCC(=O)Nc2ccc(C)c(Cl)c2)c1. The van der Waals surface area contributed by atoms with Crippen molar-refractivity contribution < 1.29 is 9.53 Å². The van der Waals surface area contributed by atoms with E-state index in [1.807, 2.05) is 45.0 Å². The van der Waals surface area contributed by atoms with Gasteiger partial charge < -0.3 is 10.1 Å². The molecule has 110 valence electrons. The summed E-state index contributed by atoms with van der Waals surface area (Å²) >= 11 is 6.02. The van der Waals surface area contributed by atoms with Gasteiger partial charge >= 0.3 is 0 Å². The summed E-state index contributed by atoms with van der Waals surface area (Å²) in [5, 5.41) is 3.39. The zero-order valence-corrected chi connectivity index (χ0v) is 13.1. The van der Waals surface area contributed by atoms with Crippen LogP contribution in [0.15, 0.2) is 36.4 Å². The molecule has 2 rings (SSSR count). The van der Waals surface area contributed by atoms with Gasteiger partial charge in [0.2, 0.25) is 0 Å². The number of amides is 1. The van der Waals surface area contributed by atoms with Crippen molar-refractivity contribution in [2.45, 2.75) is 20.8 Å². The normalized spacial score (nSPS) is 10.3. The van der Waals surface area contributed by atoms with Crippen molar-refractivity contribution in [1.82, 2.24) is 0 Å². The zero-order valence-electron chi connectivity index (χ0n) is 12.4. The van der Waals surface area contributed by atoms with Crippen LogP contribution >= 0.6 is 11.6 Å². The van der Waals surface area contributed by atoms with E-state index in [1.54, 1.807) is 6.07 Å². The Bertz CT molecular complexity index is 648. The third-order valence-corrected chi connectivity index (χ3v) is 3.43. The molecule has 0 bridgehead atoms.